The molecule has 0 amide bonds. The Balaban J connectivity index is 3.14. The second-order valence-electron chi connectivity index (χ2n) is 4.52. The minimum absolute atomic E-state index is 0.255. The molecule has 0 bridgehead atoms. The van der Waals surface area contributed by atoms with E-state index in [2.05, 4.69) is 61.8 Å². The Morgan fingerprint density at radius 2 is 1.85 bits per heavy atom. The van der Waals surface area contributed by atoms with Crippen molar-refractivity contribution >= 4 is 15.9 Å². The summed E-state index contributed by atoms with van der Waals surface area (Å²) in [5, 5.41) is 0.947. The van der Waals surface area contributed by atoms with Crippen LogP contribution in [0.4, 0.5) is 0 Å². The van der Waals surface area contributed by atoms with Gasteiger partial charge in [-0.1, -0.05) is 54.9 Å². The Morgan fingerprint density at radius 3 is 2.31 bits per heavy atom. The Labute approximate surface area is 89.5 Å². The molecule has 0 unspecified atom stereocenters. The smallest absolute Gasteiger partial charge is 0.0285 e. The van der Waals surface area contributed by atoms with Crippen molar-refractivity contribution in [3.8, 4) is 0 Å². The van der Waals surface area contributed by atoms with Crippen LogP contribution in [0.15, 0.2) is 18.2 Å². The van der Waals surface area contributed by atoms with Gasteiger partial charge in [0.2, 0.25) is 0 Å². The Morgan fingerprint density at radius 1 is 1.23 bits per heavy atom. The van der Waals surface area contributed by atoms with Crippen LogP contribution in [0.5, 0.6) is 0 Å². The van der Waals surface area contributed by atoms with E-state index in [9.17, 15) is 0 Å². The number of hydrogen-bond donors (Lipinski definition) is 0. The van der Waals surface area contributed by atoms with Crippen molar-refractivity contribution < 1.29 is 0 Å². The predicted molar refractivity (Wildman–Crippen MR) is 62.5 cm³/mol. The molecule has 0 N–H and O–H groups in total. The Hall–Kier alpha value is -0.300. The highest BCUT2D eigenvalue weighted by atomic mass is 79.9. The number of halogens is 1. The molecule has 1 heteroatoms. The first-order chi connectivity index (χ1) is 5.95. The average molecular weight is 241 g/mol. The first-order valence-corrected chi connectivity index (χ1v) is 5.73. The molecule has 1 rings (SSSR count). The minimum Gasteiger partial charge on any atom is -0.0876 e. The fraction of sp³-hybridized carbons (Fsp3) is 0.500. The number of aryl methyl sites for hydroxylation is 1. The van der Waals surface area contributed by atoms with Crippen molar-refractivity contribution in [2.24, 2.45) is 0 Å². The molecular weight excluding hydrogens is 224 g/mol. The van der Waals surface area contributed by atoms with Crippen molar-refractivity contribution in [1.29, 1.82) is 0 Å². The topological polar surface area (TPSA) is 0 Å². The average Bonchev–Trinajstić information content (AvgIpc) is 2.03. The van der Waals surface area contributed by atoms with E-state index in [0.29, 0.717) is 0 Å². The van der Waals surface area contributed by atoms with Gasteiger partial charge in [0.15, 0.2) is 0 Å². The molecule has 0 aromatic heterocycles. The third kappa shape index (κ3) is 2.57. The number of hydrogen-bond acceptors (Lipinski definition) is 0. The van der Waals surface area contributed by atoms with Crippen LogP contribution in [0.2, 0.25) is 0 Å². The monoisotopic (exact) mass is 240 g/mol. The fourth-order valence-corrected chi connectivity index (χ4v) is 1.89. The third-order valence-electron chi connectivity index (χ3n) is 2.36. The van der Waals surface area contributed by atoms with Gasteiger partial charge in [-0.15, -0.1) is 0 Å². The molecule has 0 atom stereocenters. The summed E-state index contributed by atoms with van der Waals surface area (Å²) in [7, 11) is 0. The van der Waals surface area contributed by atoms with Gasteiger partial charge in [-0.25, -0.2) is 0 Å². The zero-order valence-corrected chi connectivity index (χ0v) is 10.4. The highest BCUT2D eigenvalue weighted by Crippen LogP contribution is 2.25. The molecule has 0 radical (unpaired) electrons. The molecule has 72 valence electrons. The molecule has 0 aliphatic heterocycles. The van der Waals surface area contributed by atoms with Crippen LogP contribution < -0.4 is 0 Å². The van der Waals surface area contributed by atoms with Crippen LogP contribution in [-0.4, -0.2) is 0 Å². The van der Waals surface area contributed by atoms with Gasteiger partial charge in [-0.3, -0.25) is 0 Å². The summed E-state index contributed by atoms with van der Waals surface area (Å²) in [6.45, 7) is 8.89. The van der Waals surface area contributed by atoms with E-state index in [-0.39, 0.29) is 5.41 Å². The number of alkyl halides is 1. The molecule has 0 fully saturated rings. The molecule has 0 heterocycles. The van der Waals surface area contributed by atoms with Crippen molar-refractivity contribution in [1.82, 2.24) is 0 Å². The summed E-state index contributed by atoms with van der Waals surface area (Å²) < 4.78 is 0. The standard InChI is InChI=1S/C12H17Br/c1-9-5-6-11(12(2,3)4)7-10(9)8-13/h5-7H,8H2,1-4H3. The zero-order valence-electron chi connectivity index (χ0n) is 8.82. The Kier molecular flexibility index (Phi) is 3.18. The fourth-order valence-electron chi connectivity index (χ4n) is 1.28. The molecule has 0 saturated carbocycles. The molecule has 0 aliphatic rings. The summed E-state index contributed by atoms with van der Waals surface area (Å²) in [4.78, 5) is 0. The lowest BCUT2D eigenvalue weighted by atomic mass is 9.85. The minimum atomic E-state index is 0.255. The second kappa shape index (κ2) is 3.83. The van der Waals surface area contributed by atoms with Gasteiger partial charge in [0, 0.05) is 5.33 Å². The molecule has 0 saturated heterocycles. The van der Waals surface area contributed by atoms with E-state index in [1.807, 2.05) is 0 Å². The van der Waals surface area contributed by atoms with E-state index in [1.165, 1.54) is 16.7 Å². The molecule has 1 aromatic rings. The van der Waals surface area contributed by atoms with Gasteiger partial charge in [0.1, 0.15) is 0 Å². The van der Waals surface area contributed by atoms with E-state index in [1.54, 1.807) is 0 Å². The summed E-state index contributed by atoms with van der Waals surface area (Å²) in [5.41, 5.74) is 4.43. The maximum Gasteiger partial charge on any atom is 0.0285 e. The van der Waals surface area contributed by atoms with Gasteiger partial charge in [-0.2, -0.15) is 0 Å². The van der Waals surface area contributed by atoms with Crippen LogP contribution in [0.1, 0.15) is 37.5 Å². The van der Waals surface area contributed by atoms with E-state index in [0.717, 1.165) is 5.33 Å². The lowest BCUT2D eigenvalue weighted by Gasteiger charge is -2.20. The maximum atomic E-state index is 3.51. The zero-order chi connectivity index (χ0) is 10.1. The van der Waals surface area contributed by atoms with Crippen molar-refractivity contribution in [2.45, 2.75) is 38.4 Å². The van der Waals surface area contributed by atoms with Crippen LogP contribution in [0.25, 0.3) is 0 Å². The van der Waals surface area contributed by atoms with Gasteiger partial charge in [0.25, 0.3) is 0 Å². The molecule has 0 nitrogen and oxygen atoms in total. The van der Waals surface area contributed by atoms with Crippen LogP contribution >= 0.6 is 15.9 Å². The highest BCUT2D eigenvalue weighted by molar-refractivity contribution is 9.08. The van der Waals surface area contributed by atoms with Gasteiger partial charge in [0.05, 0.1) is 0 Å². The molecular formula is C12H17Br. The number of rotatable bonds is 1. The first kappa shape index (κ1) is 10.8. The summed E-state index contributed by atoms with van der Waals surface area (Å²) in [6.07, 6.45) is 0. The highest BCUT2D eigenvalue weighted by Gasteiger charge is 2.13. The molecule has 0 aliphatic carbocycles. The van der Waals surface area contributed by atoms with Crippen molar-refractivity contribution in [3.63, 3.8) is 0 Å². The summed E-state index contributed by atoms with van der Waals surface area (Å²) in [5.74, 6) is 0. The van der Waals surface area contributed by atoms with Crippen LogP contribution in [-0.2, 0) is 10.7 Å². The lowest BCUT2D eigenvalue weighted by molar-refractivity contribution is 0.589. The number of benzene rings is 1. The predicted octanol–water partition coefficient (Wildman–Crippen LogP) is 4.19. The van der Waals surface area contributed by atoms with E-state index >= 15 is 0 Å². The third-order valence-corrected chi connectivity index (χ3v) is 2.96. The molecule has 1 aromatic carbocycles. The Bertz CT molecular complexity index is 294. The lowest BCUT2D eigenvalue weighted by Crippen LogP contribution is -2.11. The van der Waals surface area contributed by atoms with Gasteiger partial charge >= 0.3 is 0 Å². The maximum absolute atomic E-state index is 3.51. The van der Waals surface area contributed by atoms with E-state index in [4.69, 9.17) is 0 Å². The summed E-state index contributed by atoms with van der Waals surface area (Å²) in [6, 6.07) is 6.72. The van der Waals surface area contributed by atoms with E-state index < -0.39 is 0 Å². The van der Waals surface area contributed by atoms with Crippen molar-refractivity contribution in [3.05, 3.63) is 34.9 Å². The second-order valence-corrected chi connectivity index (χ2v) is 5.09. The van der Waals surface area contributed by atoms with Crippen LogP contribution in [0, 0.1) is 6.92 Å². The first-order valence-electron chi connectivity index (χ1n) is 4.61. The molecule has 0 spiro atoms. The SMILES string of the molecule is Cc1ccc(C(C)(C)C)cc1CBr. The molecule has 13 heavy (non-hydrogen) atoms. The normalized spacial score (nSPS) is 11.8. The van der Waals surface area contributed by atoms with Crippen molar-refractivity contribution in [2.75, 3.05) is 0 Å². The quantitative estimate of drug-likeness (QED) is 0.647. The van der Waals surface area contributed by atoms with Gasteiger partial charge in [-0.05, 0) is 29.0 Å². The van der Waals surface area contributed by atoms with Gasteiger partial charge < -0.3 is 0 Å². The van der Waals surface area contributed by atoms with Crippen LogP contribution in [0.3, 0.4) is 0 Å². The largest absolute Gasteiger partial charge is 0.0876 e. The summed E-state index contributed by atoms with van der Waals surface area (Å²) >= 11 is 3.51.